The van der Waals surface area contributed by atoms with E-state index in [1.165, 1.54) is 33.5 Å². The van der Waals surface area contributed by atoms with Gasteiger partial charge in [0.15, 0.2) is 15.1 Å². The van der Waals surface area contributed by atoms with Gasteiger partial charge in [-0.1, -0.05) is 22.0 Å². The quantitative estimate of drug-likeness (QED) is 0.420. The van der Waals surface area contributed by atoms with E-state index in [0.717, 1.165) is 3.57 Å². The molecule has 136 valence electrons. The van der Waals surface area contributed by atoms with Gasteiger partial charge in [-0.3, -0.25) is 0 Å². The minimum atomic E-state index is -4.39. The van der Waals surface area contributed by atoms with Crippen LogP contribution < -0.4 is 35.4 Å². The molecule has 0 bridgehead atoms. The molecule has 25 heavy (non-hydrogen) atoms. The maximum Gasteiger partial charge on any atom is 0.416 e. The summed E-state index contributed by atoms with van der Waals surface area (Å²) in [6, 6.07) is 7.86. The minimum Gasteiger partial charge on any atom is -0.496 e. The second-order valence-electron chi connectivity index (χ2n) is 4.87. The summed E-state index contributed by atoms with van der Waals surface area (Å²) in [5, 5.41) is 0.148. The molecular formula is C17H16BrF3IO3+. The zero-order valence-corrected chi connectivity index (χ0v) is 17.5. The Morgan fingerprint density at radius 1 is 0.960 bits per heavy atom. The number of benzene rings is 2. The van der Waals surface area contributed by atoms with E-state index in [1.807, 2.05) is 0 Å². The summed E-state index contributed by atoms with van der Waals surface area (Å²) in [6.07, 6.45) is -4.39. The highest BCUT2D eigenvalue weighted by atomic mass is 127. The minimum absolute atomic E-state index is 0.148. The van der Waals surface area contributed by atoms with Crippen LogP contribution in [0.1, 0.15) is 11.1 Å². The lowest BCUT2D eigenvalue weighted by molar-refractivity contribution is -0.599. The number of alkyl halides is 4. The third kappa shape index (κ3) is 4.72. The normalized spacial score (nSPS) is 11.3. The molecule has 0 aliphatic rings. The van der Waals surface area contributed by atoms with Crippen molar-refractivity contribution in [3.05, 3.63) is 48.6 Å². The molecule has 2 aromatic carbocycles. The Kier molecular flexibility index (Phi) is 6.84. The number of rotatable bonds is 6. The van der Waals surface area contributed by atoms with Gasteiger partial charge in [0, 0.05) is 23.5 Å². The third-order valence-electron chi connectivity index (χ3n) is 3.38. The van der Waals surface area contributed by atoms with Gasteiger partial charge in [0.2, 0.25) is 0 Å². The van der Waals surface area contributed by atoms with E-state index in [0.29, 0.717) is 20.8 Å². The van der Waals surface area contributed by atoms with Crippen molar-refractivity contribution in [3.8, 4) is 17.2 Å². The largest absolute Gasteiger partial charge is 0.496 e. The molecule has 2 rings (SSSR count). The number of hydrogen-bond acceptors (Lipinski definition) is 3. The summed E-state index contributed by atoms with van der Waals surface area (Å²) in [4.78, 5) is 0. The highest BCUT2D eigenvalue weighted by Crippen LogP contribution is 2.33. The number of halogens is 5. The second kappa shape index (κ2) is 8.48. The van der Waals surface area contributed by atoms with Gasteiger partial charge in [0.1, 0.15) is 5.75 Å². The predicted molar refractivity (Wildman–Crippen MR) is 87.6 cm³/mol. The van der Waals surface area contributed by atoms with Crippen molar-refractivity contribution < 1.29 is 48.6 Å². The molecule has 0 amide bonds. The molecule has 0 spiro atoms. The Morgan fingerprint density at radius 3 is 2.00 bits per heavy atom. The van der Waals surface area contributed by atoms with Crippen LogP contribution in [0.25, 0.3) is 0 Å². The van der Waals surface area contributed by atoms with Gasteiger partial charge >= 0.3 is 27.4 Å². The molecule has 0 saturated carbocycles. The average Bonchev–Trinajstić information content (AvgIpc) is 2.60. The van der Waals surface area contributed by atoms with Crippen molar-refractivity contribution in [1.29, 1.82) is 0 Å². The molecule has 3 nitrogen and oxygen atoms in total. The predicted octanol–water partition coefficient (Wildman–Crippen LogP) is 1.75. The molecule has 0 fully saturated rings. The fourth-order valence-electron chi connectivity index (χ4n) is 2.15. The highest BCUT2D eigenvalue weighted by Gasteiger charge is 2.36. The first-order valence-corrected chi connectivity index (χ1v) is 10.3. The van der Waals surface area contributed by atoms with Crippen LogP contribution >= 0.6 is 15.9 Å². The molecule has 0 saturated heterocycles. The van der Waals surface area contributed by atoms with Crippen molar-refractivity contribution in [2.45, 2.75) is 11.5 Å². The van der Waals surface area contributed by atoms with Crippen LogP contribution in [0.4, 0.5) is 13.2 Å². The van der Waals surface area contributed by atoms with Crippen molar-refractivity contribution in [2.75, 3.05) is 21.3 Å². The monoisotopic (exact) mass is 531 g/mol. The topological polar surface area (TPSA) is 27.7 Å². The first-order valence-electron chi connectivity index (χ1n) is 7.05. The summed E-state index contributed by atoms with van der Waals surface area (Å²) in [7, 11) is 4.55. The van der Waals surface area contributed by atoms with Crippen molar-refractivity contribution in [2.24, 2.45) is 0 Å². The van der Waals surface area contributed by atoms with E-state index in [9.17, 15) is 13.2 Å². The number of ether oxygens (including phenoxy) is 3. The van der Waals surface area contributed by atoms with E-state index >= 15 is 0 Å². The summed E-state index contributed by atoms with van der Waals surface area (Å²) in [5.41, 5.74) is -0.401. The smallest absolute Gasteiger partial charge is 0.416 e. The molecule has 0 aliphatic heterocycles. The SMILES string of the molecule is COc1cc(OC)c([I+]c2ccc(CBr)c(C(F)(F)F)c2)c(OC)c1. The first kappa shape index (κ1) is 20.2. The first-order chi connectivity index (χ1) is 11.8. The van der Waals surface area contributed by atoms with Gasteiger partial charge < -0.3 is 14.2 Å². The van der Waals surface area contributed by atoms with Crippen LogP contribution in [-0.2, 0) is 11.5 Å². The zero-order chi connectivity index (χ0) is 18.6. The molecule has 0 atom stereocenters. The van der Waals surface area contributed by atoms with Crippen LogP contribution in [0.3, 0.4) is 0 Å². The highest BCUT2D eigenvalue weighted by molar-refractivity contribution is 9.08. The third-order valence-corrected chi connectivity index (χ3v) is 6.88. The maximum absolute atomic E-state index is 13.3. The lowest BCUT2D eigenvalue weighted by Gasteiger charge is -2.11. The van der Waals surface area contributed by atoms with Gasteiger partial charge in [-0.05, 0) is 11.6 Å². The van der Waals surface area contributed by atoms with Crippen LogP contribution in [-0.4, -0.2) is 21.3 Å². The zero-order valence-electron chi connectivity index (χ0n) is 13.7. The van der Waals surface area contributed by atoms with Gasteiger partial charge in [0.25, 0.3) is 3.57 Å². The summed E-state index contributed by atoms with van der Waals surface area (Å²) in [5.74, 6) is 1.65. The Hall–Kier alpha value is -1.16. The van der Waals surface area contributed by atoms with Gasteiger partial charge in [-0.15, -0.1) is 0 Å². The molecule has 0 aromatic heterocycles. The van der Waals surface area contributed by atoms with Crippen molar-refractivity contribution >= 4 is 15.9 Å². The maximum atomic E-state index is 13.3. The van der Waals surface area contributed by atoms with Crippen LogP contribution in [0.15, 0.2) is 30.3 Å². The number of hydrogen-bond donors (Lipinski definition) is 0. The van der Waals surface area contributed by atoms with E-state index in [-0.39, 0.29) is 10.9 Å². The van der Waals surface area contributed by atoms with Crippen molar-refractivity contribution in [3.63, 3.8) is 0 Å². The molecule has 0 unspecified atom stereocenters. The molecule has 2 aromatic rings. The molecule has 0 heterocycles. The molecule has 0 aliphatic carbocycles. The standard InChI is InChI=1S/C17H16BrF3IO3/c1-23-12-7-14(24-2)16(15(8-12)25-3)22-11-5-4-10(9-18)13(6-11)17(19,20)21/h4-8H,9H2,1-3H3/q+1. The van der Waals surface area contributed by atoms with Gasteiger partial charge in [-0.25, -0.2) is 0 Å². The summed E-state index contributed by atoms with van der Waals surface area (Å²) >= 11 is 2.16. The summed E-state index contributed by atoms with van der Waals surface area (Å²) < 4.78 is 57.2. The fourth-order valence-corrected chi connectivity index (χ4v) is 5.38. The number of methoxy groups -OCH3 is 3. The molecule has 0 radical (unpaired) electrons. The fraction of sp³-hybridized carbons (Fsp3) is 0.294. The van der Waals surface area contributed by atoms with Crippen LogP contribution in [0.2, 0.25) is 0 Å². The van der Waals surface area contributed by atoms with E-state index in [1.54, 1.807) is 18.2 Å². The van der Waals surface area contributed by atoms with Crippen LogP contribution in [0.5, 0.6) is 17.2 Å². The Balaban J connectivity index is 2.49. The second-order valence-corrected chi connectivity index (χ2v) is 8.30. The van der Waals surface area contributed by atoms with Crippen molar-refractivity contribution in [1.82, 2.24) is 0 Å². The molecular weight excluding hydrogens is 516 g/mol. The Morgan fingerprint density at radius 2 is 1.56 bits per heavy atom. The Bertz CT molecular complexity index is 725. The Labute approximate surface area is 162 Å². The average molecular weight is 532 g/mol. The van der Waals surface area contributed by atoms with E-state index in [2.05, 4.69) is 15.9 Å². The molecule has 8 heteroatoms. The summed E-state index contributed by atoms with van der Waals surface area (Å²) in [6.45, 7) is 0. The lowest BCUT2D eigenvalue weighted by atomic mass is 10.1. The van der Waals surface area contributed by atoms with E-state index in [4.69, 9.17) is 14.2 Å². The van der Waals surface area contributed by atoms with Gasteiger partial charge in [-0.2, -0.15) is 13.2 Å². The van der Waals surface area contributed by atoms with E-state index < -0.39 is 32.9 Å². The molecule has 0 N–H and O–H groups in total. The lowest BCUT2D eigenvalue weighted by Crippen LogP contribution is -3.61. The van der Waals surface area contributed by atoms with Crippen LogP contribution in [0, 0.1) is 7.14 Å². The van der Waals surface area contributed by atoms with Gasteiger partial charge in [0.05, 0.1) is 26.9 Å².